The van der Waals surface area contributed by atoms with Crippen molar-refractivity contribution in [3.05, 3.63) is 65.7 Å². The van der Waals surface area contributed by atoms with Crippen molar-refractivity contribution in [3.8, 4) is 0 Å². The van der Waals surface area contributed by atoms with E-state index in [1.165, 1.54) is 6.92 Å². The molecule has 0 aliphatic rings. The van der Waals surface area contributed by atoms with Crippen molar-refractivity contribution in [1.29, 1.82) is 0 Å². The summed E-state index contributed by atoms with van der Waals surface area (Å²) in [5, 5.41) is 1.05. The quantitative estimate of drug-likeness (QED) is 0.843. The lowest BCUT2D eigenvalue weighted by molar-refractivity contribution is -0.115. The van der Waals surface area contributed by atoms with Crippen molar-refractivity contribution in [3.63, 3.8) is 0 Å². The number of halogens is 1. The molecule has 2 rings (SSSR count). The van der Waals surface area contributed by atoms with Crippen LogP contribution in [0.5, 0.6) is 0 Å². The molecule has 0 fully saturated rings. The Morgan fingerprint density at radius 1 is 1.21 bits per heavy atom. The average molecular weight is 275 g/mol. The first-order valence-corrected chi connectivity index (χ1v) is 6.47. The standard InChI is InChI=1S/C16H16ClNO/c1-12(17)16(19)18-15-10-6-5-9-14(15)11-13-7-3-2-4-8-13/h2-10,12H,11H2,1H3,(H,18,19)/i12D. The summed E-state index contributed by atoms with van der Waals surface area (Å²) in [6.07, 6.45) is 0.717. The van der Waals surface area contributed by atoms with Crippen LogP contribution in [0, 0.1) is 0 Å². The second-order valence-electron chi connectivity index (χ2n) is 4.31. The number of hydrogen-bond donors (Lipinski definition) is 1. The zero-order chi connectivity index (χ0) is 14.6. The predicted octanol–water partition coefficient (Wildman–Crippen LogP) is 3.84. The van der Waals surface area contributed by atoms with Gasteiger partial charge in [0.15, 0.2) is 0 Å². The van der Waals surface area contributed by atoms with E-state index in [2.05, 4.69) is 5.32 Å². The number of para-hydroxylation sites is 1. The van der Waals surface area contributed by atoms with Crippen LogP contribution in [0.2, 0.25) is 0 Å². The molecule has 0 aromatic heterocycles. The van der Waals surface area contributed by atoms with Gasteiger partial charge in [0.2, 0.25) is 5.91 Å². The molecule has 0 heterocycles. The van der Waals surface area contributed by atoms with E-state index in [-0.39, 0.29) is 0 Å². The van der Waals surface area contributed by atoms with Gasteiger partial charge >= 0.3 is 0 Å². The molecule has 2 nitrogen and oxygen atoms in total. The Bertz CT molecular complexity index is 593. The average Bonchev–Trinajstić information content (AvgIpc) is 2.41. The van der Waals surface area contributed by atoms with Crippen molar-refractivity contribution < 1.29 is 6.17 Å². The number of carbonyl (C=O) groups is 1. The smallest absolute Gasteiger partial charge is 0.242 e. The highest BCUT2D eigenvalue weighted by atomic mass is 35.5. The molecule has 2 aromatic carbocycles. The van der Waals surface area contributed by atoms with Gasteiger partial charge in [-0.15, -0.1) is 11.6 Å². The van der Waals surface area contributed by atoms with Crippen molar-refractivity contribution in [2.24, 2.45) is 0 Å². The van der Waals surface area contributed by atoms with Crippen LogP contribution in [0.4, 0.5) is 5.69 Å². The largest absolute Gasteiger partial charge is 0.325 e. The second-order valence-corrected chi connectivity index (χ2v) is 4.87. The molecular formula is C16H16ClNO. The molecule has 1 amide bonds. The molecule has 2 aromatic rings. The van der Waals surface area contributed by atoms with E-state index in [1.807, 2.05) is 54.6 Å². The molecular weight excluding hydrogens is 258 g/mol. The first kappa shape index (κ1) is 12.2. The van der Waals surface area contributed by atoms with E-state index < -0.39 is 11.3 Å². The number of carbonyl (C=O) groups excluding carboxylic acids is 1. The molecule has 1 unspecified atom stereocenters. The topological polar surface area (TPSA) is 29.1 Å². The van der Waals surface area contributed by atoms with Gasteiger partial charge in [-0.3, -0.25) is 4.79 Å². The summed E-state index contributed by atoms with van der Waals surface area (Å²) in [6.45, 7) is 1.35. The van der Waals surface area contributed by atoms with Gasteiger partial charge in [0.05, 0.1) is 1.37 Å². The molecule has 1 atom stereocenters. The maximum absolute atomic E-state index is 11.8. The van der Waals surface area contributed by atoms with E-state index in [9.17, 15) is 4.79 Å². The molecule has 0 bridgehead atoms. The van der Waals surface area contributed by atoms with Crippen LogP contribution >= 0.6 is 11.6 Å². The normalized spacial score (nSPS) is 14.3. The van der Waals surface area contributed by atoms with Gasteiger partial charge < -0.3 is 5.32 Å². The zero-order valence-corrected chi connectivity index (χ0v) is 11.4. The Kier molecular flexibility index (Phi) is 4.12. The summed E-state index contributed by atoms with van der Waals surface area (Å²) in [5.41, 5.74) is 2.85. The van der Waals surface area contributed by atoms with Crippen molar-refractivity contribution in [2.45, 2.75) is 18.7 Å². The summed E-state index contributed by atoms with van der Waals surface area (Å²) in [5.74, 6) is -0.528. The van der Waals surface area contributed by atoms with Crippen molar-refractivity contribution >= 4 is 23.2 Å². The van der Waals surface area contributed by atoms with E-state index in [0.717, 1.165) is 11.1 Å². The Morgan fingerprint density at radius 3 is 2.53 bits per heavy atom. The summed E-state index contributed by atoms with van der Waals surface area (Å²) in [7, 11) is 0. The van der Waals surface area contributed by atoms with Crippen LogP contribution in [0.15, 0.2) is 54.6 Å². The Labute approximate surface area is 119 Å². The summed E-state index contributed by atoms with van der Waals surface area (Å²) >= 11 is 5.70. The van der Waals surface area contributed by atoms with Gasteiger partial charge in [0.25, 0.3) is 0 Å². The molecule has 19 heavy (non-hydrogen) atoms. The maximum atomic E-state index is 11.8. The molecule has 0 spiro atoms. The Hall–Kier alpha value is -1.80. The number of benzene rings is 2. The summed E-state index contributed by atoms with van der Waals surface area (Å²) < 4.78 is 7.53. The van der Waals surface area contributed by atoms with Gasteiger partial charge in [-0.1, -0.05) is 48.5 Å². The molecule has 0 saturated heterocycles. The van der Waals surface area contributed by atoms with E-state index in [0.29, 0.717) is 12.1 Å². The van der Waals surface area contributed by atoms with Crippen LogP contribution < -0.4 is 5.32 Å². The molecule has 98 valence electrons. The highest BCUT2D eigenvalue weighted by Crippen LogP contribution is 2.19. The fourth-order valence-corrected chi connectivity index (χ4v) is 1.87. The van der Waals surface area contributed by atoms with Gasteiger partial charge in [-0.2, -0.15) is 0 Å². The van der Waals surface area contributed by atoms with Crippen LogP contribution in [0.3, 0.4) is 0 Å². The monoisotopic (exact) mass is 274 g/mol. The van der Waals surface area contributed by atoms with Gasteiger partial charge in [-0.05, 0) is 30.5 Å². The highest BCUT2D eigenvalue weighted by molar-refractivity contribution is 6.32. The lowest BCUT2D eigenvalue weighted by atomic mass is 10.0. The predicted molar refractivity (Wildman–Crippen MR) is 79.6 cm³/mol. The van der Waals surface area contributed by atoms with E-state index in [4.69, 9.17) is 13.0 Å². The number of rotatable bonds is 4. The van der Waals surface area contributed by atoms with Gasteiger partial charge in [-0.25, -0.2) is 0 Å². The van der Waals surface area contributed by atoms with Crippen LogP contribution in [0.1, 0.15) is 19.4 Å². The van der Waals surface area contributed by atoms with Gasteiger partial charge in [0.1, 0.15) is 5.35 Å². The minimum absolute atomic E-state index is 0.528. The maximum Gasteiger partial charge on any atom is 0.242 e. The first-order valence-electron chi connectivity index (χ1n) is 6.59. The molecule has 0 aliphatic heterocycles. The van der Waals surface area contributed by atoms with Gasteiger partial charge in [0, 0.05) is 5.69 Å². The number of alkyl halides is 1. The number of hydrogen-bond acceptors (Lipinski definition) is 1. The van der Waals surface area contributed by atoms with E-state index >= 15 is 0 Å². The second kappa shape index (κ2) is 6.39. The first-order chi connectivity index (χ1) is 9.47. The van der Waals surface area contributed by atoms with Crippen LogP contribution in [-0.4, -0.2) is 11.3 Å². The van der Waals surface area contributed by atoms with E-state index in [1.54, 1.807) is 0 Å². The van der Waals surface area contributed by atoms with Crippen LogP contribution in [0.25, 0.3) is 0 Å². The summed E-state index contributed by atoms with van der Waals surface area (Å²) in [4.78, 5) is 11.8. The Morgan fingerprint density at radius 2 is 1.84 bits per heavy atom. The zero-order valence-electron chi connectivity index (χ0n) is 11.7. The molecule has 0 radical (unpaired) electrons. The molecule has 0 aliphatic carbocycles. The minimum atomic E-state index is -1.67. The van der Waals surface area contributed by atoms with Crippen LogP contribution in [-0.2, 0) is 11.2 Å². The SMILES string of the molecule is [2H]C(C)(Cl)C(=O)Nc1ccccc1Cc1ccccc1. The highest BCUT2D eigenvalue weighted by Gasteiger charge is 2.11. The third kappa shape index (κ3) is 3.83. The fourth-order valence-electron chi connectivity index (χ4n) is 1.82. The molecule has 1 N–H and O–H groups in total. The molecule has 3 heteroatoms. The number of amides is 1. The number of nitrogens with one attached hydrogen (secondary N) is 1. The fraction of sp³-hybridized carbons (Fsp3) is 0.188. The van der Waals surface area contributed by atoms with Crippen molar-refractivity contribution in [2.75, 3.05) is 5.32 Å². The number of anilines is 1. The minimum Gasteiger partial charge on any atom is -0.325 e. The third-order valence-corrected chi connectivity index (χ3v) is 2.99. The lowest BCUT2D eigenvalue weighted by Gasteiger charge is -2.12. The third-order valence-electron chi connectivity index (χ3n) is 2.82. The van der Waals surface area contributed by atoms with Crippen molar-refractivity contribution in [1.82, 2.24) is 0 Å². The Balaban J connectivity index is 2.21. The molecule has 0 saturated carbocycles. The lowest BCUT2D eigenvalue weighted by Crippen LogP contribution is -2.21. The summed E-state index contributed by atoms with van der Waals surface area (Å²) in [6, 6.07) is 17.6.